The fraction of sp³-hybridized carbons (Fsp3) is 0.100. The Bertz CT molecular complexity index is 1140. The maximum atomic E-state index is 11.2. The van der Waals surface area contributed by atoms with Crippen molar-refractivity contribution in [1.82, 2.24) is 4.98 Å². The molecule has 0 atom stereocenters. The number of hydrogen-bond acceptors (Lipinski definition) is 6. The minimum atomic E-state index is -3.58. The first-order valence-electron chi connectivity index (χ1n) is 8.32. The van der Waals surface area contributed by atoms with Crippen molar-refractivity contribution in [3.05, 3.63) is 77.5 Å². The van der Waals surface area contributed by atoms with Crippen molar-refractivity contribution in [1.29, 1.82) is 5.26 Å². The molecule has 0 aliphatic carbocycles. The summed E-state index contributed by atoms with van der Waals surface area (Å²) in [7, 11) is -3.58. The zero-order valence-electron chi connectivity index (χ0n) is 14.9. The van der Waals surface area contributed by atoms with Crippen LogP contribution < -0.4 is 15.6 Å². The number of primary sulfonamides is 1. The standard InChI is InChI=1S/C20H18N4O3S/c21-10-16-3-1-2-4-17(16)12-27-19-9-18(11-24-20(19)22)15-7-5-14(6-8-15)13-28(23,25)26/h1-9,11H,12-13H2,(H2,22,24)(H2,23,25,26). The summed E-state index contributed by atoms with van der Waals surface area (Å²) in [6.45, 7) is 0.187. The Balaban J connectivity index is 1.80. The van der Waals surface area contributed by atoms with Gasteiger partial charge in [0.25, 0.3) is 0 Å². The van der Waals surface area contributed by atoms with Gasteiger partial charge < -0.3 is 10.5 Å². The molecular formula is C20H18N4O3S. The Labute approximate surface area is 163 Å². The fourth-order valence-corrected chi connectivity index (χ4v) is 3.32. The molecule has 0 bridgehead atoms. The van der Waals surface area contributed by atoms with Gasteiger partial charge in [0.1, 0.15) is 6.61 Å². The average Bonchev–Trinajstić information content (AvgIpc) is 2.67. The topological polar surface area (TPSA) is 132 Å². The van der Waals surface area contributed by atoms with Crippen molar-refractivity contribution >= 4 is 15.8 Å². The molecule has 7 nitrogen and oxygen atoms in total. The van der Waals surface area contributed by atoms with E-state index in [-0.39, 0.29) is 18.2 Å². The highest BCUT2D eigenvalue weighted by Crippen LogP contribution is 2.28. The fourth-order valence-electron chi connectivity index (χ4n) is 2.67. The zero-order chi connectivity index (χ0) is 20.1. The molecule has 142 valence electrons. The molecule has 1 aromatic heterocycles. The van der Waals surface area contributed by atoms with E-state index < -0.39 is 10.0 Å². The Morgan fingerprint density at radius 1 is 1.07 bits per heavy atom. The van der Waals surface area contributed by atoms with E-state index in [0.29, 0.717) is 16.9 Å². The van der Waals surface area contributed by atoms with Gasteiger partial charge in [-0.05, 0) is 23.3 Å². The molecule has 4 N–H and O–H groups in total. The molecule has 0 fully saturated rings. The van der Waals surface area contributed by atoms with Crippen LogP contribution in [0.1, 0.15) is 16.7 Å². The molecule has 28 heavy (non-hydrogen) atoms. The molecule has 8 heteroatoms. The summed E-state index contributed by atoms with van der Waals surface area (Å²) in [6, 6.07) is 18.0. The van der Waals surface area contributed by atoms with Crippen LogP contribution in [0.2, 0.25) is 0 Å². The second-order valence-corrected chi connectivity index (χ2v) is 7.78. The first-order valence-corrected chi connectivity index (χ1v) is 10.0. The lowest BCUT2D eigenvalue weighted by molar-refractivity contribution is 0.307. The van der Waals surface area contributed by atoms with Gasteiger partial charge in [-0.1, -0.05) is 42.5 Å². The average molecular weight is 394 g/mol. The highest BCUT2D eigenvalue weighted by Gasteiger charge is 2.09. The van der Waals surface area contributed by atoms with Crippen molar-refractivity contribution in [2.24, 2.45) is 5.14 Å². The van der Waals surface area contributed by atoms with Gasteiger partial charge in [0.05, 0.1) is 17.4 Å². The second kappa shape index (κ2) is 8.08. The number of anilines is 1. The van der Waals surface area contributed by atoms with Crippen LogP contribution in [0.25, 0.3) is 11.1 Å². The molecule has 0 aliphatic rings. The predicted molar refractivity (Wildman–Crippen MR) is 106 cm³/mol. The number of nitriles is 1. The van der Waals surface area contributed by atoms with E-state index in [4.69, 9.17) is 20.9 Å². The van der Waals surface area contributed by atoms with Gasteiger partial charge in [-0.2, -0.15) is 5.26 Å². The monoisotopic (exact) mass is 394 g/mol. The van der Waals surface area contributed by atoms with Crippen molar-refractivity contribution in [2.75, 3.05) is 5.73 Å². The van der Waals surface area contributed by atoms with Gasteiger partial charge in [-0.15, -0.1) is 0 Å². The minimum absolute atomic E-state index is 0.187. The maximum absolute atomic E-state index is 11.2. The number of benzene rings is 2. The summed E-state index contributed by atoms with van der Waals surface area (Å²) in [6.07, 6.45) is 1.61. The van der Waals surface area contributed by atoms with Crippen molar-refractivity contribution < 1.29 is 13.2 Å². The number of sulfonamides is 1. The predicted octanol–water partition coefficient (Wildman–Crippen LogP) is 2.57. The molecule has 0 saturated carbocycles. The molecule has 0 aliphatic heterocycles. The van der Waals surface area contributed by atoms with Crippen LogP contribution in [0.15, 0.2) is 60.8 Å². The van der Waals surface area contributed by atoms with Gasteiger partial charge >= 0.3 is 0 Å². The SMILES string of the molecule is N#Cc1ccccc1COc1cc(-c2ccc(CS(N)(=O)=O)cc2)cnc1N. The van der Waals surface area contributed by atoms with Gasteiger partial charge in [-0.3, -0.25) is 0 Å². The van der Waals surface area contributed by atoms with Crippen molar-refractivity contribution in [3.8, 4) is 22.9 Å². The number of aromatic nitrogens is 1. The maximum Gasteiger partial charge on any atom is 0.213 e. The summed E-state index contributed by atoms with van der Waals surface area (Å²) in [4.78, 5) is 4.16. The van der Waals surface area contributed by atoms with Crippen LogP contribution in [0.4, 0.5) is 5.82 Å². The van der Waals surface area contributed by atoms with Crippen LogP contribution in [0.3, 0.4) is 0 Å². The van der Waals surface area contributed by atoms with Crippen LogP contribution in [0, 0.1) is 11.3 Å². The zero-order valence-corrected chi connectivity index (χ0v) is 15.7. The normalized spacial score (nSPS) is 11.0. The van der Waals surface area contributed by atoms with Crippen molar-refractivity contribution in [3.63, 3.8) is 0 Å². The number of rotatable bonds is 6. The molecule has 3 aromatic rings. The molecule has 3 rings (SSSR count). The van der Waals surface area contributed by atoms with Gasteiger partial charge in [-0.25, -0.2) is 18.5 Å². The molecule has 0 amide bonds. The molecule has 0 spiro atoms. The smallest absolute Gasteiger partial charge is 0.213 e. The summed E-state index contributed by atoms with van der Waals surface area (Å²) in [5, 5.41) is 14.2. The summed E-state index contributed by atoms with van der Waals surface area (Å²) >= 11 is 0. The summed E-state index contributed by atoms with van der Waals surface area (Å²) in [5.41, 5.74) is 9.39. The Morgan fingerprint density at radius 2 is 1.79 bits per heavy atom. The van der Waals surface area contributed by atoms with E-state index in [1.165, 1.54) is 0 Å². The summed E-state index contributed by atoms with van der Waals surface area (Å²) < 4.78 is 28.2. The largest absolute Gasteiger partial charge is 0.485 e. The Kier molecular flexibility index (Phi) is 5.59. The molecular weight excluding hydrogens is 376 g/mol. The quantitative estimate of drug-likeness (QED) is 0.660. The van der Waals surface area contributed by atoms with E-state index in [0.717, 1.165) is 16.7 Å². The summed E-state index contributed by atoms with van der Waals surface area (Å²) in [5.74, 6) is 0.419. The van der Waals surface area contributed by atoms with E-state index in [1.807, 2.05) is 12.1 Å². The van der Waals surface area contributed by atoms with Crippen LogP contribution in [-0.2, 0) is 22.4 Å². The lowest BCUT2D eigenvalue weighted by atomic mass is 10.1. The third-order valence-corrected chi connectivity index (χ3v) is 4.79. The molecule has 0 radical (unpaired) electrons. The number of hydrogen-bond donors (Lipinski definition) is 2. The number of ether oxygens (including phenoxy) is 1. The first-order chi connectivity index (χ1) is 13.4. The lowest BCUT2D eigenvalue weighted by Crippen LogP contribution is -2.14. The van der Waals surface area contributed by atoms with Gasteiger partial charge in [0, 0.05) is 17.3 Å². The van der Waals surface area contributed by atoms with Crippen molar-refractivity contribution in [2.45, 2.75) is 12.4 Å². The Morgan fingerprint density at radius 3 is 2.46 bits per heavy atom. The highest BCUT2D eigenvalue weighted by atomic mass is 32.2. The molecule has 2 aromatic carbocycles. The third-order valence-electron chi connectivity index (χ3n) is 4.06. The second-order valence-electron chi connectivity index (χ2n) is 6.17. The van der Waals surface area contributed by atoms with Crippen LogP contribution in [0.5, 0.6) is 5.75 Å². The number of nitrogens with zero attached hydrogens (tertiary/aromatic N) is 2. The van der Waals surface area contributed by atoms with E-state index in [2.05, 4.69) is 11.1 Å². The minimum Gasteiger partial charge on any atom is -0.485 e. The molecule has 0 unspecified atom stereocenters. The molecule has 1 heterocycles. The van der Waals surface area contributed by atoms with Gasteiger partial charge in [0.15, 0.2) is 11.6 Å². The van der Waals surface area contributed by atoms with Crippen LogP contribution in [-0.4, -0.2) is 13.4 Å². The first kappa shape index (κ1) is 19.4. The number of nitrogens with two attached hydrogens (primary N) is 2. The van der Waals surface area contributed by atoms with E-state index in [1.54, 1.807) is 48.7 Å². The number of nitrogen functional groups attached to an aromatic ring is 1. The van der Waals surface area contributed by atoms with E-state index in [9.17, 15) is 8.42 Å². The Hall–Kier alpha value is -3.41. The molecule has 0 saturated heterocycles. The lowest BCUT2D eigenvalue weighted by Gasteiger charge is -2.11. The van der Waals surface area contributed by atoms with Crippen LogP contribution >= 0.6 is 0 Å². The van der Waals surface area contributed by atoms with E-state index >= 15 is 0 Å². The highest BCUT2D eigenvalue weighted by molar-refractivity contribution is 7.88. The number of pyridine rings is 1. The third kappa shape index (κ3) is 4.85. The van der Waals surface area contributed by atoms with Gasteiger partial charge in [0.2, 0.25) is 10.0 Å².